The molecular weight excluding hydrogens is 585 g/mol. The van der Waals surface area contributed by atoms with E-state index in [0.717, 1.165) is 52.8 Å². The Morgan fingerprint density at radius 2 is 1.88 bits per heavy atom. The second kappa shape index (κ2) is 9.52. The summed E-state index contributed by atoms with van der Waals surface area (Å²) in [5.41, 5.74) is 4.16. The molecule has 2 bridgehead atoms. The van der Waals surface area contributed by atoms with Crippen LogP contribution in [0.4, 0.5) is 5.13 Å². The highest BCUT2D eigenvalue weighted by Crippen LogP contribution is 2.50. The number of fused-ring (bicyclic) bond motifs is 3. The number of aromatic carboxylic acids is 1. The molecule has 1 aliphatic heterocycles. The van der Waals surface area contributed by atoms with Crippen LogP contribution in [0.5, 0.6) is 0 Å². The number of carbonyl (C=O) groups excluding carboxylic acids is 1. The zero-order valence-electron chi connectivity index (χ0n) is 21.8. The Balaban J connectivity index is 1.04. The van der Waals surface area contributed by atoms with Gasteiger partial charge in [0.2, 0.25) is 5.91 Å². The number of rotatable bonds is 8. The molecule has 0 radical (unpaired) electrons. The van der Waals surface area contributed by atoms with E-state index in [1.807, 2.05) is 4.90 Å². The van der Waals surface area contributed by atoms with Crippen molar-refractivity contribution in [3.63, 3.8) is 0 Å². The van der Waals surface area contributed by atoms with E-state index < -0.39 is 5.97 Å². The lowest BCUT2D eigenvalue weighted by atomic mass is 10.0. The van der Waals surface area contributed by atoms with E-state index in [9.17, 15) is 14.7 Å². The molecule has 3 heterocycles. The fourth-order valence-corrected chi connectivity index (χ4v) is 8.15. The highest BCUT2D eigenvalue weighted by molar-refractivity contribution is 7.22. The number of amides is 1. The number of carbonyl (C=O) groups is 2. The lowest BCUT2D eigenvalue weighted by Gasteiger charge is -2.29. The Kier molecular flexibility index (Phi) is 5.97. The van der Waals surface area contributed by atoms with Crippen LogP contribution in [0.2, 0.25) is 10.0 Å². The fourth-order valence-electron chi connectivity index (χ4n) is 6.45. The van der Waals surface area contributed by atoms with Crippen LogP contribution in [0.25, 0.3) is 21.5 Å². The quantitative estimate of drug-likeness (QED) is 0.221. The maximum absolute atomic E-state index is 13.6. The van der Waals surface area contributed by atoms with Gasteiger partial charge in [0.15, 0.2) is 5.13 Å². The molecule has 210 valence electrons. The molecule has 1 saturated heterocycles. The number of benzene rings is 2. The zero-order valence-corrected chi connectivity index (χ0v) is 24.1. The van der Waals surface area contributed by atoms with Crippen LogP contribution in [0.15, 0.2) is 34.9 Å². The molecule has 4 aromatic rings. The van der Waals surface area contributed by atoms with Crippen LogP contribution in [0, 0.1) is 5.92 Å². The first-order valence-electron chi connectivity index (χ1n) is 13.9. The molecule has 8 rings (SSSR count). The highest BCUT2D eigenvalue weighted by atomic mass is 35.5. The SMILES string of the molecule is O=C(O)c1cc(C2CC2)c2nc(N3C(=O)[C@@H]4C[C@H]3C[C@H]4OCc3c(-c4c(Cl)cccc4Cl)noc3C3CC3)sc2c1. The largest absolute Gasteiger partial charge is 0.478 e. The first-order chi connectivity index (χ1) is 19.9. The van der Waals surface area contributed by atoms with Crippen molar-refractivity contribution in [2.75, 3.05) is 4.90 Å². The van der Waals surface area contributed by atoms with Gasteiger partial charge in [-0.15, -0.1) is 0 Å². The maximum atomic E-state index is 13.6. The summed E-state index contributed by atoms with van der Waals surface area (Å²) in [7, 11) is 0. The van der Waals surface area contributed by atoms with Crippen LogP contribution >= 0.6 is 34.5 Å². The smallest absolute Gasteiger partial charge is 0.335 e. The Labute approximate surface area is 249 Å². The molecule has 2 aromatic carbocycles. The van der Waals surface area contributed by atoms with Gasteiger partial charge in [-0.2, -0.15) is 0 Å². The maximum Gasteiger partial charge on any atom is 0.335 e. The first kappa shape index (κ1) is 25.7. The monoisotopic (exact) mass is 609 g/mol. The first-order valence-corrected chi connectivity index (χ1v) is 15.5. The summed E-state index contributed by atoms with van der Waals surface area (Å²) < 4.78 is 13.0. The van der Waals surface area contributed by atoms with Gasteiger partial charge in [0.1, 0.15) is 11.5 Å². The van der Waals surface area contributed by atoms with Crippen LogP contribution < -0.4 is 4.90 Å². The highest BCUT2D eigenvalue weighted by Gasteiger charge is 2.53. The van der Waals surface area contributed by atoms with Crippen LogP contribution in [0.1, 0.15) is 77.6 Å². The second-order valence-corrected chi connectivity index (χ2v) is 13.3. The minimum atomic E-state index is -0.947. The standard InChI is InChI=1S/C30H25Cl2N3O5S/c31-20-2-1-3-21(32)24(20)26-19(27(40-34-26)14-6-7-14)12-39-22-11-16-10-18(22)28(36)35(16)30-33-25-17(13-4-5-13)8-15(29(37)38)9-23(25)41-30/h1-3,8-9,13-14,16,18,22H,4-7,10-12H2,(H,37,38)/t16-,18+,22+/m0/s1. The molecule has 3 aliphatic carbocycles. The number of ether oxygens (including phenoxy) is 1. The lowest BCUT2D eigenvalue weighted by molar-refractivity contribution is -0.126. The van der Waals surface area contributed by atoms with Crippen molar-refractivity contribution < 1.29 is 24.0 Å². The lowest BCUT2D eigenvalue weighted by Crippen LogP contribution is -2.43. The topological polar surface area (TPSA) is 106 Å². The molecule has 0 spiro atoms. The number of halogens is 2. The molecule has 4 aliphatic rings. The van der Waals surface area contributed by atoms with Gasteiger partial charge in [-0.1, -0.05) is 45.8 Å². The Bertz CT molecular complexity index is 1720. The molecule has 11 heteroatoms. The summed E-state index contributed by atoms with van der Waals surface area (Å²) in [4.78, 5) is 32.1. The minimum Gasteiger partial charge on any atom is -0.478 e. The number of hydrogen-bond donors (Lipinski definition) is 1. The Morgan fingerprint density at radius 1 is 1.12 bits per heavy atom. The number of carboxylic acid groups (broad SMARTS) is 1. The molecule has 0 unspecified atom stereocenters. The zero-order chi connectivity index (χ0) is 28.0. The van der Waals surface area contributed by atoms with Crippen molar-refractivity contribution in [2.24, 2.45) is 5.92 Å². The third kappa shape index (κ3) is 4.28. The average molecular weight is 611 g/mol. The third-order valence-electron chi connectivity index (χ3n) is 8.79. The summed E-state index contributed by atoms with van der Waals surface area (Å²) >= 11 is 14.4. The van der Waals surface area contributed by atoms with Gasteiger partial charge in [-0.25, -0.2) is 9.78 Å². The Morgan fingerprint density at radius 3 is 2.56 bits per heavy atom. The van der Waals surface area contributed by atoms with Gasteiger partial charge in [0.25, 0.3) is 0 Å². The molecule has 8 nitrogen and oxygen atoms in total. The molecule has 4 fully saturated rings. The number of hydrogen-bond acceptors (Lipinski definition) is 7. The summed E-state index contributed by atoms with van der Waals surface area (Å²) in [5.74, 6) is 0.277. The van der Waals surface area contributed by atoms with Crippen molar-refractivity contribution in [1.29, 1.82) is 0 Å². The summed E-state index contributed by atoms with van der Waals surface area (Å²) in [5, 5.41) is 15.6. The summed E-state index contributed by atoms with van der Waals surface area (Å²) in [6.45, 7) is 0.261. The molecule has 2 aromatic heterocycles. The van der Waals surface area contributed by atoms with Crippen LogP contribution in [-0.4, -0.2) is 39.3 Å². The van der Waals surface area contributed by atoms with Gasteiger partial charge in [-0.05, 0) is 74.3 Å². The van der Waals surface area contributed by atoms with Crippen molar-refractivity contribution in [3.05, 3.63) is 62.8 Å². The van der Waals surface area contributed by atoms with E-state index in [4.69, 9.17) is 37.4 Å². The fraction of sp³-hybridized carbons (Fsp3) is 0.400. The molecular formula is C30H25Cl2N3O5S. The molecule has 41 heavy (non-hydrogen) atoms. The van der Waals surface area contributed by atoms with Crippen LogP contribution in [0.3, 0.4) is 0 Å². The van der Waals surface area contributed by atoms with Gasteiger partial charge in [0, 0.05) is 23.1 Å². The van der Waals surface area contributed by atoms with Crippen molar-refractivity contribution in [2.45, 2.75) is 69.1 Å². The van der Waals surface area contributed by atoms with E-state index >= 15 is 0 Å². The molecule has 3 saturated carbocycles. The van der Waals surface area contributed by atoms with E-state index in [1.165, 1.54) is 11.3 Å². The predicted molar refractivity (Wildman–Crippen MR) is 155 cm³/mol. The normalized spacial score (nSPS) is 23.7. The second-order valence-electron chi connectivity index (χ2n) is 11.5. The summed E-state index contributed by atoms with van der Waals surface area (Å²) in [6.07, 6.45) is 5.34. The molecule has 3 atom stereocenters. The van der Waals surface area contributed by atoms with Crippen LogP contribution in [-0.2, 0) is 16.1 Å². The minimum absolute atomic E-state index is 0.00996. The number of anilines is 1. The summed E-state index contributed by atoms with van der Waals surface area (Å²) in [6, 6.07) is 8.76. The van der Waals surface area contributed by atoms with E-state index in [0.29, 0.717) is 51.1 Å². The molecule has 1 amide bonds. The molecule has 1 N–H and O–H groups in total. The number of aromatic nitrogens is 2. The van der Waals surface area contributed by atoms with E-state index in [2.05, 4.69) is 5.16 Å². The van der Waals surface area contributed by atoms with Crippen molar-refractivity contribution >= 4 is 61.8 Å². The average Bonchev–Trinajstić information content (AvgIpc) is 3.82. The number of piperidine rings is 1. The van der Waals surface area contributed by atoms with E-state index in [-0.39, 0.29) is 36.1 Å². The number of nitrogens with zero attached hydrogens (tertiary/aromatic N) is 3. The van der Waals surface area contributed by atoms with E-state index in [1.54, 1.807) is 30.3 Å². The van der Waals surface area contributed by atoms with Gasteiger partial charge in [-0.3, -0.25) is 9.69 Å². The van der Waals surface area contributed by atoms with Gasteiger partial charge >= 0.3 is 5.97 Å². The van der Waals surface area contributed by atoms with Crippen molar-refractivity contribution in [3.8, 4) is 11.3 Å². The number of thiazole rings is 1. The van der Waals surface area contributed by atoms with Gasteiger partial charge < -0.3 is 14.4 Å². The predicted octanol–water partition coefficient (Wildman–Crippen LogP) is 7.42. The third-order valence-corrected chi connectivity index (χ3v) is 10.4. The Hall–Kier alpha value is -2.98. The van der Waals surface area contributed by atoms with Gasteiger partial charge in [0.05, 0.1) is 44.5 Å². The number of carboxylic acids is 1. The van der Waals surface area contributed by atoms with Crippen molar-refractivity contribution in [1.82, 2.24) is 10.1 Å².